The Labute approximate surface area is 294 Å². The summed E-state index contributed by atoms with van der Waals surface area (Å²) < 4.78 is 45.7. The van der Waals surface area contributed by atoms with E-state index >= 15 is 0 Å². The molecule has 3 heterocycles. The number of ether oxygens (including phenoxy) is 3. The third kappa shape index (κ3) is 7.02. The van der Waals surface area contributed by atoms with Crippen molar-refractivity contribution in [2.24, 2.45) is 17.8 Å². The number of carbonyl (C=O) groups excluding carboxylic acids is 3. The second-order valence-electron chi connectivity index (χ2n) is 14.7. The average molecular weight is 711 g/mol. The lowest BCUT2D eigenvalue weighted by atomic mass is 9.91. The molecule has 13 heteroatoms. The molecule has 1 aromatic heterocycles. The zero-order chi connectivity index (χ0) is 35.8. The fraction of sp³-hybridized carbons (Fsp3) is 0.622. The van der Waals surface area contributed by atoms with Gasteiger partial charge in [0, 0.05) is 29.5 Å². The molecule has 2 N–H and O–H groups in total. The van der Waals surface area contributed by atoms with Gasteiger partial charge in [0.15, 0.2) is 0 Å². The Hall–Kier alpha value is -3.87. The van der Waals surface area contributed by atoms with E-state index in [0.29, 0.717) is 54.6 Å². The number of hydrogen-bond acceptors (Lipinski definition) is 9. The number of hydrogen-bond donors (Lipinski definition) is 2. The largest absolute Gasteiger partial charge is 0.497 e. The number of pyridine rings is 1. The predicted octanol–water partition coefficient (Wildman–Crippen LogP) is 4.66. The zero-order valence-electron chi connectivity index (χ0n) is 29.7. The molecule has 3 amide bonds. The van der Waals surface area contributed by atoms with Gasteiger partial charge in [0.2, 0.25) is 27.7 Å². The second-order valence-corrected chi connectivity index (χ2v) is 16.8. The first-order chi connectivity index (χ1) is 23.8. The highest BCUT2D eigenvalue weighted by Crippen LogP contribution is 2.49. The average Bonchev–Trinajstić information content (AvgIpc) is 3.98. The van der Waals surface area contributed by atoms with E-state index in [0.717, 1.165) is 24.6 Å². The summed E-state index contributed by atoms with van der Waals surface area (Å²) in [7, 11) is -2.35. The van der Waals surface area contributed by atoms with Crippen LogP contribution in [0.5, 0.6) is 17.4 Å². The van der Waals surface area contributed by atoms with E-state index in [1.807, 2.05) is 31.2 Å². The number of rotatable bonds is 9. The van der Waals surface area contributed by atoms with Crippen LogP contribution in [0.1, 0.15) is 85.5 Å². The highest BCUT2D eigenvalue weighted by Gasteiger charge is 2.63. The molecule has 0 unspecified atom stereocenters. The van der Waals surface area contributed by atoms with Crippen LogP contribution in [-0.2, 0) is 24.4 Å². The van der Waals surface area contributed by atoms with Crippen molar-refractivity contribution in [2.45, 2.75) is 108 Å². The van der Waals surface area contributed by atoms with Crippen molar-refractivity contribution in [1.29, 1.82) is 0 Å². The minimum absolute atomic E-state index is 0.103. The first kappa shape index (κ1) is 35.9. The summed E-state index contributed by atoms with van der Waals surface area (Å²) in [5.41, 5.74) is -1.43. The number of nitrogens with one attached hydrogen (secondary N) is 2. The molecule has 0 spiro atoms. The van der Waals surface area contributed by atoms with Crippen molar-refractivity contribution < 1.29 is 37.0 Å². The lowest BCUT2D eigenvalue weighted by Gasteiger charge is -2.28. The molecule has 6 rings (SSSR count). The zero-order valence-corrected chi connectivity index (χ0v) is 30.5. The van der Waals surface area contributed by atoms with Crippen molar-refractivity contribution >= 4 is 38.5 Å². The molecule has 2 aliphatic carbocycles. The summed E-state index contributed by atoms with van der Waals surface area (Å²) in [6.45, 7) is 8.53. The maximum Gasteiger partial charge on any atom is 0.259 e. The van der Waals surface area contributed by atoms with Gasteiger partial charge in [-0.05, 0) is 81.9 Å². The number of benzene rings is 1. The normalized spacial score (nSPS) is 30.2. The van der Waals surface area contributed by atoms with Gasteiger partial charge in [-0.2, -0.15) is 0 Å². The summed E-state index contributed by atoms with van der Waals surface area (Å²) in [5, 5.41) is 4.40. The number of sulfonamides is 1. The Bertz CT molecular complexity index is 1780. The molecule has 3 fully saturated rings. The van der Waals surface area contributed by atoms with Crippen molar-refractivity contribution in [3.8, 4) is 17.4 Å². The first-order valence-corrected chi connectivity index (χ1v) is 19.4. The van der Waals surface area contributed by atoms with Crippen LogP contribution in [0.15, 0.2) is 36.5 Å². The molecule has 0 radical (unpaired) electrons. The van der Waals surface area contributed by atoms with Gasteiger partial charge in [0.1, 0.15) is 29.2 Å². The highest BCUT2D eigenvalue weighted by atomic mass is 32.2. The van der Waals surface area contributed by atoms with E-state index in [9.17, 15) is 22.8 Å². The van der Waals surface area contributed by atoms with Crippen LogP contribution in [0.4, 0.5) is 0 Å². The molecule has 2 saturated carbocycles. The molecule has 0 bridgehead atoms. The van der Waals surface area contributed by atoms with Crippen LogP contribution in [0.3, 0.4) is 0 Å². The number of allylic oxidation sites excluding steroid dienone is 1. The van der Waals surface area contributed by atoms with Crippen molar-refractivity contribution in [2.75, 3.05) is 20.3 Å². The number of aromatic nitrogens is 1. The van der Waals surface area contributed by atoms with Gasteiger partial charge in [-0.3, -0.25) is 19.1 Å². The first-order valence-electron chi connectivity index (χ1n) is 18.0. The maximum absolute atomic E-state index is 14.2. The van der Waals surface area contributed by atoms with E-state index in [2.05, 4.69) is 28.9 Å². The fourth-order valence-corrected chi connectivity index (χ4v) is 9.39. The fourth-order valence-electron chi connectivity index (χ4n) is 7.73. The van der Waals surface area contributed by atoms with Gasteiger partial charge in [-0.25, -0.2) is 13.4 Å². The minimum atomic E-state index is -3.94. The number of nitrogens with zero attached hydrogens (tertiary/aromatic N) is 2. The standard InChI is InChI=1S/C37H50N4O8S/c1-6-36(14-15-36)50(45,46)40-35(44)37-20-25(37)11-9-8-10-23(3)16-24(4)17-32(42)41-22-27(19-30(41)33(43)39-37)49-34-28-13-12-26(47-5)18-29(28)31(21-38-34)48-7-2/h9,11-13,18,21,23-25,27,30H,6-8,10,14-17,19-20,22H2,1-5H3,(H,39,43)(H,40,44)/b11-9-/t23-,24-,25-,27-,30+,37-/m1/s1. The molecule has 6 atom stereocenters. The predicted molar refractivity (Wildman–Crippen MR) is 188 cm³/mol. The van der Waals surface area contributed by atoms with Crippen molar-refractivity contribution in [1.82, 2.24) is 19.9 Å². The van der Waals surface area contributed by atoms with Gasteiger partial charge >= 0.3 is 0 Å². The summed E-state index contributed by atoms with van der Waals surface area (Å²) in [6, 6.07) is 4.58. The van der Waals surface area contributed by atoms with E-state index < -0.39 is 44.3 Å². The molecule has 50 heavy (non-hydrogen) atoms. The van der Waals surface area contributed by atoms with Crippen LogP contribution in [0, 0.1) is 17.8 Å². The summed E-state index contributed by atoms with van der Waals surface area (Å²) >= 11 is 0. The van der Waals surface area contributed by atoms with Gasteiger partial charge in [0.05, 0.1) is 31.2 Å². The summed E-state index contributed by atoms with van der Waals surface area (Å²) in [4.78, 5) is 48.1. The molecule has 12 nitrogen and oxygen atoms in total. The monoisotopic (exact) mass is 710 g/mol. The quantitative estimate of drug-likeness (QED) is 0.354. The van der Waals surface area contributed by atoms with E-state index in [4.69, 9.17) is 14.2 Å². The van der Waals surface area contributed by atoms with Crippen molar-refractivity contribution in [3.63, 3.8) is 0 Å². The Morgan fingerprint density at radius 3 is 2.60 bits per heavy atom. The SMILES string of the molecule is CCOc1cnc(O[C@@H]2C[C@H]3C(=O)N[C@]4(C(=O)NS(=O)(=O)C5(CC)CC5)C[C@H]4/C=C\CC[C@@H](C)C[C@@H](C)CC(=O)N3C2)c2ccc(OC)cc12. The topological polar surface area (TPSA) is 153 Å². The van der Waals surface area contributed by atoms with Crippen LogP contribution >= 0.6 is 0 Å². The minimum Gasteiger partial charge on any atom is -0.497 e. The molecule has 272 valence electrons. The van der Waals surface area contributed by atoms with E-state index in [1.165, 1.54) is 0 Å². The number of methoxy groups -OCH3 is 1. The van der Waals surface area contributed by atoms with Gasteiger partial charge in [-0.1, -0.05) is 32.9 Å². The lowest BCUT2D eigenvalue weighted by Crippen LogP contribution is -2.57. The number of carbonyl (C=O) groups is 3. The van der Waals surface area contributed by atoms with Crippen LogP contribution < -0.4 is 24.2 Å². The van der Waals surface area contributed by atoms with Crippen LogP contribution in [0.2, 0.25) is 0 Å². The Kier molecular flexibility index (Phi) is 10.1. The molecule has 1 saturated heterocycles. The van der Waals surface area contributed by atoms with E-state index in [-0.39, 0.29) is 43.6 Å². The van der Waals surface area contributed by atoms with Gasteiger partial charge in [-0.15, -0.1) is 0 Å². The van der Waals surface area contributed by atoms with Gasteiger partial charge in [0.25, 0.3) is 5.91 Å². The summed E-state index contributed by atoms with van der Waals surface area (Å²) in [6.07, 6.45) is 9.65. The molecular formula is C37H50N4O8S. The van der Waals surface area contributed by atoms with Crippen molar-refractivity contribution in [3.05, 3.63) is 36.5 Å². The smallest absolute Gasteiger partial charge is 0.259 e. The third-order valence-corrected chi connectivity index (χ3v) is 13.3. The van der Waals surface area contributed by atoms with E-state index in [1.54, 1.807) is 31.2 Å². The molecule has 1 aromatic carbocycles. The molecule has 4 aliphatic rings. The molecule has 2 aromatic rings. The van der Waals surface area contributed by atoms with Crippen LogP contribution in [0.25, 0.3) is 10.8 Å². The molecular weight excluding hydrogens is 660 g/mol. The Morgan fingerprint density at radius 2 is 1.90 bits per heavy atom. The number of fused-ring (bicyclic) bond motifs is 3. The molecule has 2 aliphatic heterocycles. The Balaban J connectivity index is 1.29. The lowest BCUT2D eigenvalue weighted by molar-refractivity contribution is -0.140. The third-order valence-electron chi connectivity index (χ3n) is 11.0. The number of amides is 3. The Morgan fingerprint density at radius 1 is 1.12 bits per heavy atom. The highest BCUT2D eigenvalue weighted by molar-refractivity contribution is 7.91. The summed E-state index contributed by atoms with van der Waals surface area (Å²) in [5.74, 6) is 0.280. The second kappa shape index (κ2) is 14.0. The van der Waals surface area contributed by atoms with Crippen LogP contribution in [-0.4, -0.2) is 78.7 Å². The van der Waals surface area contributed by atoms with Gasteiger partial charge < -0.3 is 24.4 Å². The maximum atomic E-state index is 14.2.